The monoisotopic (exact) mass is 479 g/mol. The zero-order valence-electron chi connectivity index (χ0n) is 21.2. The van der Waals surface area contributed by atoms with Crippen LogP contribution >= 0.6 is 0 Å². The normalized spacial score (nSPS) is 19.1. The van der Waals surface area contributed by atoms with Crippen molar-refractivity contribution in [3.63, 3.8) is 0 Å². The van der Waals surface area contributed by atoms with E-state index in [9.17, 15) is 14.4 Å². The molecule has 0 spiro atoms. The van der Waals surface area contributed by atoms with Crippen LogP contribution in [0.4, 0.5) is 10.6 Å². The van der Waals surface area contributed by atoms with Crippen LogP contribution in [0, 0.1) is 6.92 Å². The van der Waals surface area contributed by atoms with Gasteiger partial charge in [-0.1, -0.05) is 12.1 Å². The maximum atomic E-state index is 12.5. The van der Waals surface area contributed by atoms with Crippen LogP contribution in [0.25, 0.3) is 10.9 Å². The minimum absolute atomic E-state index is 0.00894. The van der Waals surface area contributed by atoms with Gasteiger partial charge in [0.2, 0.25) is 0 Å². The summed E-state index contributed by atoms with van der Waals surface area (Å²) in [6.07, 6.45) is 0.424. The first-order chi connectivity index (χ1) is 16.4. The first-order valence-corrected chi connectivity index (χ1v) is 11.9. The molecule has 0 radical (unpaired) electrons. The number of rotatable bonds is 5. The minimum atomic E-state index is -0.537. The van der Waals surface area contributed by atoms with Crippen LogP contribution in [0.15, 0.2) is 35.4 Å². The quantitative estimate of drug-likeness (QED) is 0.631. The topological polar surface area (TPSA) is 104 Å². The zero-order valence-corrected chi connectivity index (χ0v) is 21.2. The van der Waals surface area contributed by atoms with E-state index in [-0.39, 0.29) is 17.9 Å². The van der Waals surface area contributed by atoms with Crippen LogP contribution < -0.4 is 10.7 Å². The van der Waals surface area contributed by atoms with Gasteiger partial charge in [-0.25, -0.2) is 9.78 Å². The van der Waals surface area contributed by atoms with Gasteiger partial charge in [0.1, 0.15) is 11.4 Å². The summed E-state index contributed by atoms with van der Waals surface area (Å²) in [6, 6.07) is 7.97. The fourth-order valence-electron chi connectivity index (χ4n) is 4.37. The Bertz CT molecular complexity index is 1210. The van der Waals surface area contributed by atoms with Crippen molar-refractivity contribution in [2.45, 2.75) is 66.2 Å². The number of aromatic nitrogens is 1. The number of ether oxygens (including phenoxy) is 1. The van der Waals surface area contributed by atoms with E-state index in [0.717, 1.165) is 40.0 Å². The number of hydrogen-bond acceptors (Lipinski definition) is 7. The molecule has 1 unspecified atom stereocenters. The molecule has 1 atom stereocenters. The Morgan fingerprint density at radius 3 is 2.46 bits per heavy atom. The second-order valence-electron chi connectivity index (χ2n) is 10.4. The minimum Gasteiger partial charge on any atom is -0.444 e. The number of amides is 3. The fourth-order valence-corrected chi connectivity index (χ4v) is 4.37. The van der Waals surface area contributed by atoms with Crippen LogP contribution in [0.3, 0.4) is 0 Å². The molecule has 0 saturated carbocycles. The number of nitrogens with one attached hydrogen (secondary N) is 2. The molecule has 186 valence electrons. The first-order valence-electron chi connectivity index (χ1n) is 11.9. The molecule has 1 fully saturated rings. The van der Waals surface area contributed by atoms with Crippen LogP contribution in [0.2, 0.25) is 0 Å². The maximum absolute atomic E-state index is 12.5. The van der Waals surface area contributed by atoms with Crippen molar-refractivity contribution in [1.29, 1.82) is 0 Å². The van der Waals surface area contributed by atoms with Gasteiger partial charge in [-0.15, -0.1) is 0 Å². The van der Waals surface area contributed by atoms with Gasteiger partial charge in [-0.3, -0.25) is 19.9 Å². The summed E-state index contributed by atoms with van der Waals surface area (Å²) in [6.45, 7) is 13.0. The average Bonchev–Trinajstić information content (AvgIpc) is 3.26. The number of anilines is 1. The summed E-state index contributed by atoms with van der Waals surface area (Å²) in [5.74, 6) is -0.295. The Balaban J connectivity index is 1.52. The van der Waals surface area contributed by atoms with Crippen molar-refractivity contribution in [3.05, 3.63) is 46.5 Å². The number of hydrogen-bond donors (Lipinski definition) is 2. The SMILES string of the molecule is CC1=C(C)C(=O)N(Nc2cc(CN3CCC(NC(=O)OC(C)(C)C)C3)c3ccc(C)cc3n2)C1=O. The molecule has 2 N–H and O–H groups in total. The number of nitrogens with zero attached hydrogens (tertiary/aromatic N) is 3. The lowest BCUT2D eigenvalue weighted by atomic mass is 10.1. The molecule has 1 saturated heterocycles. The van der Waals surface area contributed by atoms with E-state index in [2.05, 4.69) is 20.6 Å². The third kappa shape index (κ3) is 5.45. The molecule has 2 aliphatic heterocycles. The van der Waals surface area contributed by atoms with Crippen molar-refractivity contribution in [1.82, 2.24) is 20.2 Å². The summed E-state index contributed by atoms with van der Waals surface area (Å²) >= 11 is 0. The van der Waals surface area contributed by atoms with Gasteiger partial charge in [0.15, 0.2) is 0 Å². The van der Waals surface area contributed by atoms with Gasteiger partial charge in [0, 0.05) is 42.2 Å². The van der Waals surface area contributed by atoms with E-state index in [1.807, 2.05) is 52.0 Å². The number of carbonyl (C=O) groups is 3. The molecule has 2 aromatic rings. The lowest BCUT2D eigenvalue weighted by Crippen LogP contribution is -2.40. The van der Waals surface area contributed by atoms with E-state index in [0.29, 0.717) is 30.1 Å². The van der Waals surface area contributed by atoms with Gasteiger partial charge in [0.05, 0.1) is 5.52 Å². The van der Waals surface area contributed by atoms with Crippen LogP contribution in [-0.4, -0.2) is 57.5 Å². The molecule has 0 aliphatic carbocycles. The zero-order chi connectivity index (χ0) is 25.5. The third-order valence-electron chi connectivity index (χ3n) is 6.27. The Labute approximate surface area is 205 Å². The largest absolute Gasteiger partial charge is 0.444 e. The smallest absolute Gasteiger partial charge is 0.407 e. The van der Waals surface area contributed by atoms with Gasteiger partial charge in [-0.05, 0) is 71.2 Å². The number of carbonyl (C=O) groups excluding carboxylic acids is 3. The maximum Gasteiger partial charge on any atom is 0.407 e. The Morgan fingerprint density at radius 2 is 1.80 bits per heavy atom. The number of likely N-dealkylation sites (tertiary alicyclic amines) is 1. The highest BCUT2D eigenvalue weighted by Crippen LogP contribution is 2.27. The summed E-state index contributed by atoms with van der Waals surface area (Å²) in [7, 11) is 0. The van der Waals surface area contributed by atoms with Crippen molar-refractivity contribution >= 4 is 34.6 Å². The molecule has 1 aromatic heterocycles. The molecule has 2 aliphatic rings. The summed E-state index contributed by atoms with van der Waals surface area (Å²) < 4.78 is 5.39. The number of aryl methyl sites for hydroxylation is 1. The van der Waals surface area contributed by atoms with Gasteiger partial charge >= 0.3 is 6.09 Å². The van der Waals surface area contributed by atoms with Crippen LogP contribution in [0.5, 0.6) is 0 Å². The molecule has 35 heavy (non-hydrogen) atoms. The van der Waals surface area contributed by atoms with Crippen molar-refractivity contribution in [2.75, 3.05) is 18.5 Å². The lowest BCUT2D eigenvalue weighted by Gasteiger charge is -2.22. The highest BCUT2D eigenvalue weighted by Gasteiger charge is 2.34. The van der Waals surface area contributed by atoms with E-state index in [1.165, 1.54) is 0 Å². The standard InChI is InChI=1S/C26H33N5O4/c1-15-7-8-20-18(13-30-10-9-19(14-30)27-25(34)35-26(4,5)6)12-22(28-21(20)11-15)29-31-23(32)16(2)17(3)24(31)33/h7-8,11-12,19H,9-10,13-14H2,1-6H3,(H,27,34)(H,28,29). The average molecular weight is 480 g/mol. The Morgan fingerprint density at radius 1 is 1.11 bits per heavy atom. The lowest BCUT2D eigenvalue weighted by molar-refractivity contribution is -0.135. The molecule has 9 heteroatoms. The van der Waals surface area contributed by atoms with Crippen LogP contribution in [-0.2, 0) is 20.9 Å². The Hall–Kier alpha value is -3.46. The highest BCUT2D eigenvalue weighted by molar-refractivity contribution is 6.19. The molecule has 4 rings (SSSR count). The van der Waals surface area contributed by atoms with E-state index in [1.54, 1.807) is 13.8 Å². The molecule has 1 aromatic carbocycles. The van der Waals surface area contributed by atoms with Crippen molar-refractivity contribution < 1.29 is 19.1 Å². The third-order valence-corrected chi connectivity index (χ3v) is 6.27. The van der Waals surface area contributed by atoms with E-state index >= 15 is 0 Å². The molecule has 3 amide bonds. The number of hydrazine groups is 1. The van der Waals surface area contributed by atoms with Crippen molar-refractivity contribution in [3.8, 4) is 0 Å². The van der Waals surface area contributed by atoms with E-state index in [4.69, 9.17) is 4.74 Å². The van der Waals surface area contributed by atoms with Crippen LogP contribution in [0.1, 0.15) is 52.2 Å². The molecule has 9 nitrogen and oxygen atoms in total. The summed E-state index contributed by atoms with van der Waals surface area (Å²) in [5.41, 5.74) is 6.12. The molecule has 0 bridgehead atoms. The number of fused-ring (bicyclic) bond motifs is 1. The fraction of sp³-hybridized carbons (Fsp3) is 0.462. The molecule has 3 heterocycles. The first kappa shape index (κ1) is 24.7. The number of alkyl carbamates (subject to hydrolysis) is 1. The second-order valence-corrected chi connectivity index (χ2v) is 10.4. The highest BCUT2D eigenvalue weighted by atomic mass is 16.6. The molecular formula is C26H33N5O4. The van der Waals surface area contributed by atoms with Gasteiger partial charge < -0.3 is 10.1 Å². The van der Waals surface area contributed by atoms with E-state index < -0.39 is 11.7 Å². The summed E-state index contributed by atoms with van der Waals surface area (Å²) in [5, 5.41) is 4.99. The number of pyridine rings is 1. The van der Waals surface area contributed by atoms with Crippen molar-refractivity contribution in [2.24, 2.45) is 0 Å². The Kier molecular flexibility index (Phi) is 6.55. The second kappa shape index (κ2) is 9.30. The van der Waals surface area contributed by atoms with Gasteiger partial charge in [0.25, 0.3) is 11.8 Å². The number of imide groups is 1. The predicted molar refractivity (Wildman–Crippen MR) is 133 cm³/mol. The summed E-state index contributed by atoms with van der Waals surface area (Å²) in [4.78, 5) is 44.2. The molecular weight excluding hydrogens is 446 g/mol. The predicted octanol–water partition coefficient (Wildman–Crippen LogP) is 3.67. The number of benzene rings is 1. The van der Waals surface area contributed by atoms with Gasteiger partial charge in [-0.2, -0.15) is 5.01 Å².